The van der Waals surface area contributed by atoms with Crippen molar-refractivity contribution in [3.63, 3.8) is 0 Å². The van der Waals surface area contributed by atoms with Gasteiger partial charge in [-0.1, -0.05) is 0 Å². The number of methoxy groups -OCH3 is 1. The molecular weight excluding hydrogens is 349 g/mol. The number of nitrogens with one attached hydrogen (secondary N) is 1. The summed E-state index contributed by atoms with van der Waals surface area (Å²) in [4.78, 5) is 14.7. The molecule has 1 atom stereocenters. The highest BCUT2D eigenvalue weighted by Gasteiger charge is 2.41. The van der Waals surface area contributed by atoms with Crippen LogP contribution >= 0.6 is 0 Å². The molecule has 2 fully saturated rings. The predicted octanol–water partition coefficient (Wildman–Crippen LogP) is 3.02. The van der Waals surface area contributed by atoms with Crippen LogP contribution in [-0.2, 0) is 9.47 Å². The molecule has 3 heterocycles. The highest BCUT2D eigenvalue weighted by atomic mass is 19.1. The number of piperidine rings is 1. The second kappa shape index (κ2) is 7.40. The lowest BCUT2D eigenvalue weighted by molar-refractivity contribution is -0.146. The first kappa shape index (κ1) is 18.1. The van der Waals surface area contributed by atoms with Crippen molar-refractivity contribution in [1.29, 1.82) is 0 Å². The number of amides is 1. The minimum absolute atomic E-state index is 0.0650. The zero-order valence-electron chi connectivity index (χ0n) is 15.4. The standard InChI is InChI=1S/C20H24FN3O3/c1-26-16-6-11-27-20(13-16)7-9-24(10-8-20)19(25)18-12-17(22-23-18)14-2-4-15(21)5-3-14/h2-5,12,16H,6-11,13H2,1H3,(H,22,23). The zero-order valence-corrected chi connectivity index (χ0v) is 15.4. The summed E-state index contributed by atoms with van der Waals surface area (Å²) >= 11 is 0. The number of ether oxygens (including phenoxy) is 2. The Morgan fingerprint density at radius 3 is 2.78 bits per heavy atom. The van der Waals surface area contributed by atoms with Gasteiger partial charge in [0.1, 0.15) is 11.5 Å². The molecule has 27 heavy (non-hydrogen) atoms. The smallest absolute Gasteiger partial charge is 0.271 e. The van der Waals surface area contributed by atoms with Crippen LogP contribution in [0.5, 0.6) is 0 Å². The number of H-pyrrole nitrogens is 1. The molecule has 2 aliphatic rings. The van der Waals surface area contributed by atoms with Gasteiger partial charge in [-0.25, -0.2) is 4.39 Å². The molecule has 6 nitrogen and oxygen atoms in total. The molecule has 2 aromatic rings. The summed E-state index contributed by atoms with van der Waals surface area (Å²) in [5, 5.41) is 7.02. The SMILES string of the molecule is COC1CCOC2(CCN(C(=O)c3cc(-c4ccc(F)cc4)n[nH]3)CC2)C1. The Labute approximate surface area is 157 Å². The monoisotopic (exact) mass is 373 g/mol. The van der Waals surface area contributed by atoms with E-state index >= 15 is 0 Å². The number of hydrogen-bond acceptors (Lipinski definition) is 4. The van der Waals surface area contributed by atoms with Gasteiger partial charge in [0.25, 0.3) is 5.91 Å². The number of halogens is 1. The fraction of sp³-hybridized carbons (Fsp3) is 0.500. The molecule has 1 N–H and O–H groups in total. The summed E-state index contributed by atoms with van der Waals surface area (Å²) in [5.41, 5.74) is 1.68. The van der Waals surface area contributed by atoms with Crippen LogP contribution in [0.15, 0.2) is 30.3 Å². The lowest BCUT2D eigenvalue weighted by atomic mass is 9.83. The number of nitrogens with zero attached hydrogens (tertiary/aromatic N) is 2. The predicted molar refractivity (Wildman–Crippen MR) is 97.8 cm³/mol. The van der Waals surface area contributed by atoms with Crippen molar-refractivity contribution in [2.24, 2.45) is 0 Å². The average molecular weight is 373 g/mol. The van der Waals surface area contributed by atoms with Gasteiger partial charge in [-0.3, -0.25) is 9.89 Å². The van der Waals surface area contributed by atoms with Gasteiger partial charge in [-0.2, -0.15) is 5.10 Å². The second-order valence-electron chi connectivity index (χ2n) is 7.35. The van der Waals surface area contributed by atoms with Crippen LogP contribution < -0.4 is 0 Å². The fourth-order valence-corrected chi connectivity index (χ4v) is 4.02. The van der Waals surface area contributed by atoms with E-state index in [1.165, 1.54) is 12.1 Å². The van der Waals surface area contributed by atoms with E-state index in [0.29, 0.717) is 31.1 Å². The molecule has 0 aliphatic carbocycles. The molecular formula is C20H24FN3O3. The van der Waals surface area contributed by atoms with Gasteiger partial charge in [-0.15, -0.1) is 0 Å². The Kier molecular flexibility index (Phi) is 4.97. The molecule has 1 aromatic heterocycles. The maximum absolute atomic E-state index is 13.1. The van der Waals surface area contributed by atoms with E-state index in [-0.39, 0.29) is 23.4 Å². The third-order valence-electron chi connectivity index (χ3n) is 5.69. The first-order chi connectivity index (χ1) is 13.1. The van der Waals surface area contributed by atoms with Crippen molar-refractivity contribution in [3.8, 4) is 11.3 Å². The van der Waals surface area contributed by atoms with Gasteiger partial charge >= 0.3 is 0 Å². The molecule has 4 rings (SSSR count). The van der Waals surface area contributed by atoms with E-state index in [0.717, 1.165) is 31.2 Å². The van der Waals surface area contributed by atoms with Crippen LogP contribution in [0.4, 0.5) is 4.39 Å². The quantitative estimate of drug-likeness (QED) is 0.898. The highest BCUT2D eigenvalue weighted by Crippen LogP contribution is 2.36. The maximum atomic E-state index is 13.1. The Morgan fingerprint density at radius 1 is 1.33 bits per heavy atom. The van der Waals surface area contributed by atoms with Crippen LogP contribution in [0.3, 0.4) is 0 Å². The number of rotatable bonds is 3. The summed E-state index contributed by atoms with van der Waals surface area (Å²) in [6.45, 7) is 2.02. The van der Waals surface area contributed by atoms with Crippen molar-refractivity contribution in [1.82, 2.24) is 15.1 Å². The van der Waals surface area contributed by atoms with Crippen molar-refractivity contribution in [2.75, 3.05) is 26.8 Å². The van der Waals surface area contributed by atoms with Crippen LogP contribution in [-0.4, -0.2) is 59.5 Å². The van der Waals surface area contributed by atoms with Gasteiger partial charge in [0, 0.05) is 38.8 Å². The number of carbonyl (C=O) groups excluding carboxylic acids is 1. The zero-order chi connectivity index (χ0) is 18.9. The maximum Gasteiger partial charge on any atom is 0.271 e. The van der Waals surface area contributed by atoms with E-state index in [2.05, 4.69) is 10.2 Å². The minimum Gasteiger partial charge on any atom is -0.381 e. The van der Waals surface area contributed by atoms with Crippen LogP contribution in [0.1, 0.15) is 36.2 Å². The van der Waals surface area contributed by atoms with Gasteiger partial charge in [0.15, 0.2) is 0 Å². The molecule has 1 unspecified atom stereocenters. The molecule has 0 bridgehead atoms. The summed E-state index contributed by atoms with van der Waals surface area (Å²) in [5.74, 6) is -0.363. The van der Waals surface area contributed by atoms with E-state index < -0.39 is 0 Å². The van der Waals surface area contributed by atoms with Gasteiger partial charge < -0.3 is 14.4 Å². The number of benzene rings is 1. The average Bonchev–Trinajstić information content (AvgIpc) is 3.19. The number of aromatic nitrogens is 2. The molecule has 2 aliphatic heterocycles. The third-order valence-corrected chi connectivity index (χ3v) is 5.69. The van der Waals surface area contributed by atoms with Crippen LogP contribution in [0.25, 0.3) is 11.3 Å². The van der Waals surface area contributed by atoms with E-state index in [9.17, 15) is 9.18 Å². The first-order valence-electron chi connectivity index (χ1n) is 9.36. The molecule has 0 radical (unpaired) electrons. The summed E-state index contributed by atoms with van der Waals surface area (Å²) in [6, 6.07) is 7.78. The number of aromatic amines is 1. The molecule has 1 spiro atoms. The Hall–Kier alpha value is -2.25. The fourth-order valence-electron chi connectivity index (χ4n) is 4.02. The molecule has 2 saturated heterocycles. The lowest BCUT2D eigenvalue weighted by Gasteiger charge is -2.45. The normalized spacial score (nSPS) is 22.1. The van der Waals surface area contributed by atoms with Gasteiger partial charge in [0.2, 0.25) is 0 Å². The van der Waals surface area contributed by atoms with E-state index in [1.54, 1.807) is 25.3 Å². The lowest BCUT2D eigenvalue weighted by Crippen LogP contribution is -2.52. The highest BCUT2D eigenvalue weighted by molar-refractivity contribution is 5.93. The number of likely N-dealkylation sites (tertiary alicyclic amines) is 1. The molecule has 7 heteroatoms. The van der Waals surface area contributed by atoms with Crippen molar-refractivity contribution < 1.29 is 18.7 Å². The summed E-state index contributed by atoms with van der Waals surface area (Å²) in [7, 11) is 1.75. The van der Waals surface area contributed by atoms with Crippen molar-refractivity contribution in [3.05, 3.63) is 41.8 Å². The Morgan fingerprint density at radius 2 is 2.07 bits per heavy atom. The Balaban J connectivity index is 1.40. The Bertz CT molecular complexity index is 797. The summed E-state index contributed by atoms with van der Waals surface area (Å²) in [6.07, 6.45) is 3.70. The minimum atomic E-state index is -0.298. The largest absolute Gasteiger partial charge is 0.381 e. The number of hydrogen-bond donors (Lipinski definition) is 1. The first-order valence-corrected chi connectivity index (χ1v) is 9.36. The third kappa shape index (κ3) is 3.75. The number of carbonyl (C=O) groups is 1. The second-order valence-corrected chi connectivity index (χ2v) is 7.35. The van der Waals surface area contributed by atoms with E-state index in [1.807, 2.05) is 4.90 Å². The van der Waals surface area contributed by atoms with Crippen molar-refractivity contribution >= 4 is 5.91 Å². The summed E-state index contributed by atoms with van der Waals surface area (Å²) < 4.78 is 24.7. The molecule has 1 amide bonds. The van der Waals surface area contributed by atoms with E-state index in [4.69, 9.17) is 9.47 Å². The van der Waals surface area contributed by atoms with Crippen LogP contribution in [0.2, 0.25) is 0 Å². The van der Waals surface area contributed by atoms with Gasteiger partial charge in [-0.05, 0) is 49.6 Å². The molecule has 0 saturated carbocycles. The van der Waals surface area contributed by atoms with Crippen molar-refractivity contribution in [2.45, 2.75) is 37.4 Å². The topological polar surface area (TPSA) is 67.5 Å². The van der Waals surface area contributed by atoms with Gasteiger partial charge in [0.05, 0.1) is 17.4 Å². The molecule has 1 aromatic carbocycles. The van der Waals surface area contributed by atoms with Crippen LogP contribution in [0, 0.1) is 5.82 Å². The molecule has 144 valence electrons.